The Morgan fingerprint density at radius 3 is 2.95 bits per heavy atom. The number of aryl methyl sites for hydroxylation is 1. The summed E-state index contributed by atoms with van der Waals surface area (Å²) in [5, 5.41) is 7.20. The number of nitrogens with zero attached hydrogens (tertiary/aromatic N) is 3. The Labute approximate surface area is 124 Å². The fourth-order valence-corrected chi connectivity index (χ4v) is 2.87. The summed E-state index contributed by atoms with van der Waals surface area (Å²) in [5.41, 5.74) is 3.89. The van der Waals surface area contributed by atoms with E-state index in [1.807, 2.05) is 30.0 Å². The van der Waals surface area contributed by atoms with Crippen LogP contribution in [-0.2, 0) is 11.2 Å². The van der Waals surface area contributed by atoms with E-state index in [0.717, 1.165) is 48.7 Å². The highest BCUT2D eigenvalue weighted by Gasteiger charge is 2.24. The van der Waals surface area contributed by atoms with Crippen LogP contribution in [0.1, 0.15) is 24.7 Å². The molecule has 0 radical (unpaired) electrons. The van der Waals surface area contributed by atoms with Crippen molar-refractivity contribution in [3.05, 3.63) is 35.7 Å². The van der Waals surface area contributed by atoms with Gasteiger partial charge in [-0.1, -0.05) is 6.07 Å². The molecule has 0 bridgehead atoms. The molecule has 3 rings (SSSR count). The highest BCUT2D eigenvalue weighted by molar-refractivity contribution is 5.73. The zero-order valence-electron chi connectivity index (χ0n) is 12.5. The molecule has 1 saturated heterocycles. The molecule has 1 aliphatic heterocycles. The third-order valence-electron chi connectivity index (χ3n) is 4.00. The van der Waals surface area contributed by atoms with E-state index < -0.39 is 0 Å². The van der Waals surface area contributed by atoms with Crippen molar-refractivity contribution in [1.82, 2.24) is 20.1 Å². The van der Waals surface area contributed by atoms with Crippen molar-refractivity contribution in [1.29, 1.82) is 0 Å². The van der Waals surface area contributed by atoms with E-state index >= 15 is 0 Å². The zero-order valence-corrected chi connectivity index (χ0v) is 12.5. The van der Waals surface area contributed by atoms with Crippen LogP contribution in [0, 0.1) is 12.8 Å². The number of nitrogens with one attached hydrogen (secondary N) is 1. The number of H-pyrrole nitrogens is 1. The molecule has 0 saturated carbocycles. The van der Waals surface area contributed by atoms with Crippen LogP contribution >= 0.6 is 0 Å². The van der Waals surface area contributed by atoms with Crippen molar-refractivity contribution in [3.8, 4) is 11.4 Å². The summed E-state index contributed by atoms with van der Waals surface area (Å²) in [7, 11) is 0. The van der Waals surface area contributed by atoms with Gasteiger partial charge in [0.15, 0.2) is 0 Å². The molecule has 1 amide bonds. The van der Waals surface area contributed by atoms with Gasteiger partial charge in [-0.25, -0.2) is 0 Å². The van der Waals surface area contributed by atoms with E-state index in [4.69, 9.17) is 4.98 Å². The molecule has 1 fully saturated rings. The molecule has 2 aromatic rings. The number of likely N-dealkylation sites (tertiary alicyclic amines) is 1. The Hall–Kier alpha value is -2.17. The summed E-state index contributed by atoms with van der Waals surface area (Å²) >= 11 is 0. The molecule has 110 valence electrons. The predicted molar refractivity (Wildman–Crippen MR) is 80.6 cm³/mol. The minimum atomic E-state index is 0.172. The lowest BCUT2D eigenvalue weighted by atomic mass is 10.0. The number of carbonyl (C=O) groups is 1. The Balaban J connectivity index is 1.71. The summed E-state index contributed by atoms with van der Waals surface area (Å²) in [6, 6.07) is 8.06. The van der Waals surface area contributed by atoms with Crippen molar-refractivity contribution < 1.29 is 4.79 Å². The summed E-state index contributed by atoms with van der Waals surface area (Å²) in [6.07, 6.45) is 1.98. The lowest BCUT2D eigenvalue weighted by molar-refractivity contribution is -0.127. The molecule has 3 heterocycles. The standard InChI is InChI=1S/C16H20N4O/c1-11-8-16(19-18-11)15-5-3-4-14(17-15)9-13-6-7-20(10-13)12(2)21/h3-5,8,13H,6-7,9-10H2,1-2H3,(H,18,19). The largest absolute Gasteiger partial charge is 0.343 e. The van der Waals surface area contributed by atoms with E-state index in [-0.39, 0.29) is 5.91 Å². The molecule has 1 atom stereocenters. The van der Waals surface area contributed by atoms with Gasteiger partial charge in [0, 0.05) is 31.4 Å². The van der Waals surface area contributed by atoms with Crippen LogP contribution in [-0.4, -0.2) is 39.1 Å². The van der Waals surface area contributed by atoms with Gasteiger partial charge < -0.3 is 4.90 Å². The SMILES string of the molecule is CC(=O)N1CCC(Cc2cccc(-c3cc(C)[nH]n3)n2)C1. The number of pyridine rings is 1. The lowest BCUT2D eigenvalue weighted by Gasteiger charge is -2.13. The van der Waals surface area contributed by atoms with Gasteiger partial charge in [0.1, 0.15) is 5.69 Å². The second kappa shape index (κ2) is 5.68. The smallest absolute Gasteiger partial charge is 0.219 e. The number of rotatable bonds is 3. The summed E-state index contributed by atoms with van der Waals surface area (Å²) in [6.45, 7) is 5.34. The molecule has 1 unspecified atom stereocenters. The average molecular weight is 284 g/mol. The van der Waals surface area contributed by atoms with Crippen LogP contribution in [0.3, 0.4) is 0 Å². The molecular formula is C16H20N4O. The van der Waals surface area contributed by atoms with E-state index in [0.29, 0.717) is 5.92 Å². The van der Waals surface area contributed by atoms with Crippen LogP contribution < -0.4 is 0 Å². The molecule has 0 aliphatic carbocycles. The summed E-state index contributed by atoms with van der Waals surface area (Å²) in [5.74, 6) is 0.684. The quantitative estimate of drug-likeness (QED) is 0.939. The Morgan fingerprint density at radius 2 is 2.29 bits per heavy atom. The average Bonchev–Trinajstić information content (AvgIpc) is 3.08. The van der Waals surface area contributed by atoms with Crippen molar-refractivity contribution >= 4 is 5.91 Å². The van der Waals surface area contributed by atoms with Crippen LogP contribution in [0.25, 0.3) is 11.4 Å². The van der Waals surface area contributed by atoms with Crippen molar-refractivity contribution in [2.45, 2.75) is 26.7 Å². The summed E-state index contributed by atoms with van der Waals surface area (Å²) in [4.78, 5) is 18.0. The molecule has 1 N–H and O–H groups in total. The predicted octanol–water partition coefficient (Wildman–Crippen LogP) is 2.19. The van der Waals surface area contributed by atoms with Crippen molar-refractivity contribution in [2.75, 3.05) is 13.1 Å². The first-order valence-corrected chi connectivity index (χ1v) is 7.35. The minimum Gasteiger partial charge on any atom is -0.343 e. The van der Waals surface area contributed by atoms with Crippen LogP contribution in [0.2, 0.25) is 0 Å². The van der Waals surface area contributed by atoms with Gasteiger partial charge in [-0.05, 0) is 43.9 Å². The van der Waals surface area contributed by atoms with Crippen molar-refractivity contribution in [2.24, 2.45) is 5.92 Å². The second-order valence-corrected chi connectivity index (χ2v) is 5.77. The molecule has 1 aliphatic rings. The fourth-order valence-electron chi connectivity index (χ4n) is 2.87. The third kappa shape index (κ3) is 3.12. The number of hydrogen-bond acceptors (Lipinski definition) is 3. The van der Waals surface area contributed by atoms with Gasteiger partial charge >= 0.3 is 0 Å². The monoisotopic (exact) mass is 284 g/mol. The number of aromatic amines is 1. The van der Waals surface area contributed by atoms with E-state index in [1.54, 1.807) is 6.92 Å². The van der Waals surface area contributed by atoms with Gasteiger partial charge in [0.2, 0.25) is 5.91 Å². The number of amides is 1. The molecule has 5 heteroatoms. The maximum atomic E-state index is 11.4. The first-order valence-electron chi connectivity index (χ1n) is 7.35. The van der Waals surface area contributed by atoms with Gasteiger partial charge in [0.05, 0.1) is 5.69 Å². The summed E-state index contributed by atoms with van der Waals surface area (Å²) < 4.78 is 0. The van der Waals surface area contributed by atoms with Crippen molar-refractivity contribution in [3.63, 3.8) is 0 Å². The first kappa shape index (κ1) is 13.8. The second-order valence-electron chi connectivity index (χ2n) is 5.77. The van der Waals surface area contributed by atoms with Crippen LogP contribution in [0.4, 0.5) is 0 Å². The molecule has 0 aromatic carbocycles. The van der Waals surface area contributed by atoms with Crippen LogP contribution in [0.15, 0.2) is 24.3 Å². The van der Waals surface area contributed by atoms with E-state index in [9.17, 15) is 4.79 Å². The topological polar surface area (TPSA) is 61.9 Å². The Morgan fingerprint density at radius 1 is 1.43 bits per heavy atom. The maximum absolute atomic E-state index is 11.4. The van der Waals surface area contributed by atoms with E-state index in [1.165, 1.54) is 0 Å². The van der Waals surface area contributed by atoms with Gasteiger partial charge in [-0.2, -0.15) is 5.10 Å². The molecular weight excluding hydrogens is 264 g/mol. The highest BCUT2D eigenvalue weighted by Crippen LogP contribution is 2.22. The number of carbonyl (C=O) groups excluding carboxylic acids is 1. The lowest BCUT2D eigenvalue weighted by Crippen LogP contribution is -2.26. The zero-order chi connectivity index (χ0) is 14.8. The fraction of sp³-hybridized carbons (Fsp3) is 0.438. The van der Waals surface area contributed by atoms with Crippen LogP contribution in [0.5, 0.6) is 0 Å². The maximum Gasteiger partial charge on any atom is 0.219 e. The number of hydrogen-bond donors (Lipinski definition) is 1. The molecule has 5 nitrogen and oxygen atoms in total. The first-order chi connectivity index (χ1) is 10.1. The molecule has 21 heavy (non-hydrogen) atoms. The number of aromatic nitrogens is 3. The molecule has 0 spiro atoms. The normalized spacial score (nSPS) is 18.2. The van der Waals surface area contributed by atoms with Gasteiger partial charge in [0.25, 0.3) is 0 Å². The van der Waals surface area contributed by atoms with Gasteiger partial charge in [-0.15, -0.1) is 0 Å². The Bertz CT molecular complexity index is 649. The minimum absolute atomic E-state index is 0.172. The molecule has 2 aromatic heterocycles. The highest BCUT2D eigenvalue weighted by atomic mass is 16.2. The van der Waals surface area contributed by atoms with Gasteiger partial charge in [-0.3, -0.25) is 14.9 Å². The Kier molecular flexibility index (Phi) is 3.73. The third-order valence-corrected chi connectivity index (χ3v) is 4.00. The van der Waals surface area contributed by atoms with E-state index in [2.05, 4.69) is 16.3 Å².